The zero-order chi connectivity index (χ0) is 14.0. The van der Waals surface area contributed by atoms with E-state index in [1.807, 2.05) is 0 Å². The summed E-state index contributed by atoms with van der Waals surface area (Å²) in [6.07, 6.45) is 1.44. The highest BCUT2D eigenvalue weighted by atomic mass is 35.5. The van der Waals surface area contributed by atoms with Crippen LogP contribution in [0.4, 0.5) is 4.79 Å². The Bertz CT molecular complexity index is 583. The van der Waals surface area contributed by atoms with Crippen LogP contribution in [0, 0.1) is 0 Å². The summed E-state index contributed by atoms with van der Waals surface area (Å²) in [5.41, 5.74) is 0.632. The fourth-order valence-corrected chi connectivity index (χ4v) is 1.81. The quantitative estimate of drug-likeness (QED) is 0.581. The number of phenols is 1. The Morgan fingerprint density at radius 3 is 2.68 bits per heavy atom. The smallest absolute Gasteiger partial charge is 0.326 e. The van der Waals surface area contributed by atoms with E-state index in [1.54, 1.807) is 6.92 Å². The van der Waals surface area contributed by atoms with Gasteiger partial charge in [0, 0.05) is 0 Å². The summed E-state index contributed by atoms with van der Waals surface area (Å²) in [6, 6.07) is 2.41. The van der Waals surface area contributed by atoms with Gasteiger partial charge in [0.15, 0.2) is 11.5 Å². The van der Waals surface area contributed by atoms with Crippen LogP contribution in [0.5, 0.6) is 11.5 Å². The van der Waals surface area contributed by atoms with E-state index in [4.69, 9.17) is 16.3 Å². The molecule has 1 aromatic rings. The van der Waals surface area contributed by atoms with Crippen molar-refractivity contribution in [3.63, 3.8) is 0 Å². The molecule has 1 saturated heterocycles. The van der Waals surface area contributed by atoms with Crippen molar-refractivity contribution in [3.05, 3.63) is 28.4 Å². The van der Waals surface area contributed by atoms with Crippen LogP contribution < -0.4 is 15.4 Å². The van der Waals surface area contributed by atoms with E-state index in [1.165, 1.54) is 18.2 Å². The highest BCUT2D eigenvalue weighted by molar-refractivity contribution is 6.32. The van der Waals surface area contributed by atoms with E-state index < -0.39 is 11.9 Å². The molecule has 3 amide bonds. The van der Waals surface area contributed by atoms with Crippen molar-refractivity contribution in [1.82, 2.24) is 10.6 Å². The van der Waals surface area contributed by atoms with Gasteiger partial charge in [0.05, 0.1) is 11.6 Å². The van der Waals surface area contributed by atoms with Crippen LogP contribution in [0.1, 0.15) is 12.5 Å². The third-order valence-electron chi connectivity index (χ3n) is 2.38. The number of carbonyl (C=O) groups excluding carboxylic acids is 2. The van der Waals surface area contributed by atoms with Crippen LogP contribution in [0.15, 0.2) is 17.8 Å². The van der Waals surface area contributed by atoms with Crippen molar-refractivity contribution < 1.29 is 19.4 Å². The monoisotopic (exact) mass is 282 g/mol. The number of amides is 3. The van der Waals surface area contributed by atoms with Crippen LogP contribution in [0.25, 0.3) is 6.08 Å². The number of nitrogens with one attached hydrogen (secondary N) is 2. The Balaban J connectivity index is 2.38. The van der Waals surface area contributed by atoms with Crippen molar-refractivity contribution >= 4 is 29.6 Å². The average molecular weight is 283 g/mol. The molecule has 0 radical (unpaired) electrons. The van der Waals surface area contributed by atoms with Gasteiger partial charge >= 0.3 is 6.03 Å². The maximum absolute atomic E-state index is 11.4. The Morgan fingerprint density at radius 2 is 2.11 bits per heavy atom. The normalized spacial score (nSPS) is 16.4. The number of hydrogen-bond acceptors (Lipinski definition) is 4. The first-order valence-corrected chi connectivity index (χ1v) is 5.88. The molecule has 0 spiro atoms. The molecule has 19 heavy (non-hydrogen) atoms. The number of hydrogen-bond donors (Lipinski definition) is 3. The van der Waals surface area contributed by atoms with Crippen molar-refractivity contribution in [2.24, 2.45) is 0 Å². The fraction of sp³-hybridized carbons (Fsp3) is 0.167. The lowest BCUT2D eigenvalue weighted by Crippen LogP contribution is -2.22. The third-order valence-corrected chi connectivity index (χ3v) is 2.67. The van der Waals surface area contributed by atoms with E-state index in [0.29, 0.717) is 12.2 Å². The zero-order valence-electron chi connectivity index (χ0n) is 9.99. The Morgan fingerprint density at radius 1 is 1.37 bits per heavy atom. The largest absolute Gasteiger partial charge is 0.503 e. The van der Waals surface area contributed by atoms with Gasteiger partial charge in [0.25, 0.3) is 5.91 Å². The van der Waals surface area contributed by atoms with E-state index in [9.17, 15) is 14.7 Å². The number of benzene rings is 1. The van der Waals surface area contributed by atoms with Crippen molar-refractivity contribution in [3.8, 4) is 11.5 Å². The minimum absolute atomic E-state index is 0.0996. The second-order valence-corrected chi connectivity index (χ2v) is 4.16. The number of carbonyl (C=O) groups is 2. The van der Waals surface area contributed by atoms with Crippen LogP contribution in [-0.4, -0.2) is 23.7 Å². The zero-order valence-corrected chi connectivity index (χ0v) is 10.7. The molecule has 0 bridgehead atoms. The molecule has 1 fully saturated rings. The molecule has 0 aliphatic carbocycles. The fourth-order valence-electron chi connectivity index (χ4n) is 1.59. The van der Waals surface area contributed by atoms with Gasteiger partial charge in [-0.15, -0.1) is 0 Å². The SMILES string of the molecule is CCOc1cc(/C=C2\NC(=O)NC2=O)cc(Cl)c1O. The molecule has 0 aromatic heterocycles. The van der Waals surface area contributed by atoms with Crippen LogP contribution in [0.2, 0.25) is 5.02 Å². The summed E-state index contributed by atoms with van der Waals surface area (Å²) < 4.78 is 5.22. The molecule has 0 atom stereocenters. The number of rotatable bonds is 3. The Hall–Kier alpha value is -2.21. The third kappa shape index (κ3) is 2.79. The second-order valence-electron chi connectivity index (χ2n) is 3.75. The molecule has 1 heterocycles. The van der Waals surface area contributed by atoms with Gasteiger partial charge in [-0.05, 0) is 30.7 Å². The molecule has 0 unspecified atom stereocenters. The molecule has 3 N–H and O–H groups in total. The van der Waals surface area contributed by atoms with Gasteiger partial charge in [0.1, 0.15) is 5.70 Å². The highest BCUT2D eigenvalue weighted by Gasteiger charge is 2.23. The van der Waals surface area contributed by atoms with E-state index in [0.717, 1.165) is 0 Å². The Kier molecular flexibility index (Phi) is 3.62. The maximum Gasteiger partial charge on any atom is 0.326 e. The number of halogens is 1. The van der Waals surface area contributed by atoms with E-state index in [2.05, 4.69) is 10.6 Å². The molecular weight excluding hydrogens is 272 g/mol. The summed E-state index contributed by atoms with van der Waals surface area (Å²) in [6.45, 7) is 2.13. The summed E-state index contributed by atoms with van der Waals surface area (Å²) in [4.78, 5) is 22.3. The summed E-state index contributed by atoms with van der Waals surface area (Å²) >= 11 is 5.86. The number of imide groups is 1. The van der Waals surface area contributed by atoms with Crippen LogP contribution in [-0.2, 0) is 4.79 Å². The van der Waals surface area contributed by atoms with Gasteiger partial charge in [-0.25, -0.2) is 4.79 Å². The molecule has 0 saturated carbocycles. The standard InChI is InChI=1S/C12H11ClN2O4/c1-2-19-9-5-6(3-7(13)10(9)16)4-8-11(17)15-12(18)14-8/h3-5,16H,2H2,1H3,(H2,14,15,17,18)/b8-4-. The average Bonchev–Trinajstić information content (AvgIpc) is 2.64. The Labute approximate surface area is 114 Å². The van der Waals surface area contributed by atoms with Crippen LogP contribution in [0.3, 0.4) is 0 Å². The summed E-state index contributed by atoms with van der Waals surface area (Å²) in [5, 5.41) is 14.2. The van der Waals surface area contributed by atoms with Crippen molar-refractivity contribution in [1.29, 1.82) is 0 Å². The first-order valence-electron chi connectivity index (χ1n) is 5.50. The number of urea groups is 1. The van der Waals surface area contributed by atoms with Crippen LogP contribution >= 0.6 is 11.6 Å². The molecule has 1 aliphatic heterocycles. The lowest BCUT2D eigenvalue weighted by molar-refractivity contribution is -0.115. The predicted octanol–water partition coefficient (Wildman–Crippen LogP) is 1.62. The first-order chi connectivity index (χ1) is 9.01. The van der Waals surface area contributed by atoms with Gasteiger partial charge < -0.3 is 15.2 Å². The van der Waals surface area contributed by atoms with E-state index in [-0.39, 0.29) is 22.2 Å². The second kappa shape index (κ2) is 5.19. The molecule has 2 rings (SSSR count). The number of ether oxygens (including phenoxy) is 1. The molecule has 1 aliphatic rings. The maximum atomic E-state index is 11.4. The minimum atomic E-state index is -0.578. The van der Waals surface area contributed by atoms with Gasteiger partial charge in [0.2, 0.25) is 0 Å². The van der Waals surface area contributed by atoms with Gasteiger partial charge in [-0.3, -0.25) is 10.1 Å². The van der Waals surface area contributed by atoms with E-state index >= 15 is 0 Å². The lowest BCUT2D eigenvalue weighted by atomic mass is 10.1. The highest BCUT2D eigenvalue weighted by Crippen LogP contribution is 2.35. The number of phenolic OH excluding ortho intramolecular Hbond substituents is 1. The summed E-state index contributed by atoms with van der Waals surface area (Å²) in [7, 11) is 0. The first kappa shape index (κ1) is 13.2. The minimum Gasteiger partial charge on any atom is -0.503 e. The molecule has 1 aromatic carbocycles. The van der Waals surface area contributed by atoms with Crippen molar-refractivity contribution in [2.75, 3.05) is 6.61 Å². The van der Waals surface area contributed by atoms with Gasteiger partial charge in [-0.2, -0.15) is 0 Å². The molecule has 7 heteroatoms. The molecule has 100 valence electrons. The number of aromatic hydroxyl groups is 1. The topological polar surface area (TPSA) is 87.7 Å². The van der Waals surface area contributed by atoms with Crippen molar-refractivity contribution in [2.45, 2.75) is 6.92 Å². The molecule has 6 nitrogen and oxygen atoms in total. The molecular formula is C12H11ClN2O4. The van der Waals surface area contributed by atoms with Gasteiger partial charge in [-0.1, -0.05) is 11.6 Å². The lowest BCUT2D eigenvalue weighted by Gasteiger charge is -2.08. The predicted molar refractivity (Wildman–Crippen MR) is 68.9 cm³/mol. The summed E-state index contributed by atoms with van der Waals surface area (Å²) in [5.74, 6) is -0.468.